The van der Waals surface area contributed by atoms with Gasteiger partial charge in [0.2, 0.25) is 23.6 Å². The Morgan fingerprint density at radius 2 is 1.56 bits per heavy atom. The minimum atomic E-state index is -5.76. The highest BCUT2D eigenvalue weighted by Crippen LogP contribution is 2.66. The number of carbonyl (C=O) groups excluding carboxylic acids is 4. The maximum absolute atomic E-state index is 12.7. The highest BCUT2D eigenvalue weighted by Gasteiger charge is 2.43. The van der Waals surface area contributed by atoms with Gasteiger partial charge in [-0.15, -0.1) is 0 Å². The minimum absolute atomic E-state index is 0.0977. The van der Waals surface area contributed by atoms with E-state index in [9.17, 15) is 62.2 Å². The number of aliphatic hydroxyl groups excluding tert-OH is 1. The van der Waals surface area contributed by atoms with E-state index < -0.39 is 109 Å². The smallest absolute Gasteiger partial charge is 0.481 e. The number of aromatic nitrogens is 3. The SMILES string of the molecule is CNC(CSSCCC(=O)NCC(C)/C=C/c1cn([C@H]2CC(O)[C@@H](COP(=O)(O)OP(=O)(O)OP(=O)(O)O)O2)c2ncnc(N)c12)C(=O)NCCCCCC(=O)NC(CC(=O)O)C(=O)NC(CC(=O)O)C(=O)O. The topological polar surface area (TPSA) is 486 Å². The Morgan fingerprint density at radius 3 is 2.21 bits per heavy atom. The summed E-state index contributed by atoms with van der Waals surface area (Å²) < 4.78 is 54.1. The number of phosphoric acid groups is 3. The van der Waals surface area contributed by atoms with Gasteiger partial charge in [-0.2, -0.15) is 8.62 Å². The van der Waals surface area contributed by atoms with Gasteiger partial charge in [-0.05, 0) is 25.8 Å². The van der Waals surface area contributed by atoms with Gasteiger partial charge in [-0.25, -0.2) is 28.5 Å². The standard InChI is InChI=1S/C37H58N9O22P3S2/c1-20(7-8-21-16-46(34-32(21)33(38)42-19-43-34)29-14-25(47)26(66-29)17-65-70(61,62)68-71(63,64)67-69(58,59)60)15-41-27(48)9-11-72-73-18-24(39-2)35(54)40-10-5-3-4-6-28(49)44-22(12-30(50)51)36(55)45-23(37(56)57)13-31(52)53/h7-8,16,19-20,22-26,29,39,47H,3-6,9-15,17-18H2,1-2H3,(H,40,54)(H,41,48)(H,44,49)(H,45,55)(H,50,51)(H,52,53)(H,56,57)(H,61,62)(H,63,64)(H2,38,42,43)(H2,58,59,60)/b8-7+/t20?,22?,23?,24?,25?,26-,29-/m1/s1. The normalized spacial score (nSPS) is 19.2. The van der Waals surface area contributed by atoms with Crippen molar-refractivity contribution in [3.63, 3.8) is 0 Å². The van der Waals surface area contributed by atoms with E-state index in [0.29, 0.717) is 47.4 Å². The molecule has 7 unspecified atom stereocenters. The van der Waals surface area contributed by atoms with E-state index in [2.05, 4.69) is 44.4 Å². The van der Waals surface area contributed by atoms with Crippen molar-refractivity contribution in [2.24, 2.45) is 5.92 Å². The first-order valence-corrected chi connectivity index (χ1v) is 28.7. The number of ether oxygens (including phenoxy) is 1. The zero-order valence-corrected chi connectivity index (χ0v) is 43.2. The second kappa shape index (κ2) is 29.5. The Morgan fingerprint density at radius 1 is 0.877 bits per heavy atom. The van der Waals surface area contributed by atoms with Crippen LogP contribution in [0.1, 0.15) is 70.1 Å². The van der Waals surface area contributed by atoms with Crippen molar-refractivity contribution in [3.05, 3.63) is 24.2 Å². The van der Waals surface area contributed by atoms with Crippen LogP contribution in [0.15, 0.2) is 18.6 Å². The summed E-state index contributed by atoms with van der Waals surface area (Å²) in [7, 11) is -12.4. The van der Waals surface area contributed by atoms with Crippen LogP contribution < -0.4 is 32.3 Å². The molecule has 0 saturated carbocycles. The number of aliphatic carboxylic acids is 3. The third kappa shape index (κ3) is 22.8. The number of fused-ring (bicyclic) bond motifs is 1. The van der Waals surface area contributed by atoms with Crippen molar-refractivity contribution in [1.82, 2.24) is 41.1 Å². The fraction of sp³-hybridized carbons (Fsp3) is 0.595. The highest BCUT2D eigenvalue weighted by molar-refractivity contribution is 8.76. The number of amides is 4. The largest absolute Gasteiger partial charge is 0.490 e. The summed E-state index contributed by atoms with van der Waals surface area (Å²) in [5.41, 5.74) is 7.02. The lowest BCUT2D eigenvalue weighted by atomic mass is 10.1. The summed E-state index contributed by atoms with van der Waals surface area (Å²) >= 11 is 0. The van der Waals surface area contributed by atoms with Crippen LogP contribution in [0.3, 0.4) is 0 Å². The van der Waals surface area contributed by atoms with Crippen molar-refractivity contribution in [2.75, 3.05) is 44.0 Å². The Bertz CT molecular complexity index is 2450. The second-order valence-electron chi connectivity index (χ2n) is 15.9. The van der Waals surface area contributed by atoms with Gasteiger partial charge in [-0.3, -0.25) is 33.3 Å². The van der Waals surface area contributed by atoms with E-state index in [0.717, 1.165) is 0 Å². The number of hydrogen-bond acceptors (Lipinski definition) is 21. The average molecular weight is 1140 g/mol. The molecule has 1 aliphatic rings. The van der Waals surface area contributed by atoms with Crippen molar-refractivity contribution in [1.29, 1.82) is 0 Å². The molecule has 0 aliphatic carbocycles. The molecule has 0 radical (unpaired) electrons. The number of carboxylic acid groups (broad SMARTS) is 3. The van der Waals surface area contributed by atoms with Gasteiger partial charge >= 0.3 is 41.4 Å². The van der Waals surface area contributed by atoms with Crippen molar-refractivity contribution in [2.45, 2.75) is 94.9 Å². The van der Waals surface area contributed by atoms with Gasteiger partial charge in [0.05, 0.1) is 37.0 Å². The molecule has 2 aromatic heterocycles. The average Bonchev–Trinajstić information content (AvgIpc) is 3.84. The van der Waals surface area contributed by atoms with Crippen molar-refractivity contribution in [3.8, 4) is 0 Å². The van der Waals surface area contributed by atoms with Crippen LogP contribution in [0.4, 0.5) is 5.82 Å². The van der Waals surface area contributed by atoms with Gasteiger partial charge < -0.3 is 81.6 Å². The third-order valence-corrected chi connectivity index (χ3v) is 16.2. The molecule has 0 bridgehead atoms. The number of likely N-dealkylation sites (N-methyl/N-ethyl adjacent to an activating group) is 1. The zero-order chi connectivity index (χ0) is 54.7. The van der Waals surface area contributed by atoms with Gasteiger partial charge in [0.15, 0.2) is 0 Å². The van der Waals surface area contributed by atoms with Crippen LogP contribution >= 0.6 is 45.1 Å². The molecule has 1 fully saturated rings. The maximum Gasteiger partial charge on any atom is 0.490 e. The molecule has 410 valence electrons. The van der Waals surface area contributed by atoms with Crippen LogP contribution in [0.5, 0.6) is 0 Å². The molecular weight excluding hydrogens is 1080 g/mol. The molecule has 0 aromatic carbocycles. The van der Waals surface area contributed by atoms with Crippen molar-refractivity contribution >= 4 is 110 Å². The van der Waals surface area contributed by atoms with E-state index in [1.165, 1.54) is 32.5 Å². The first kappa shape index (κ1) is 62.7. The molecule has 9 atom stereocenters. The van der Waals surface area contributed by atoms with Gasteiger partial charge in [0, 0.05) is 55.6 Å². The third-order valence-electron chi connectivity index (χ3n) is 10.0. The monoisotopic (exact) mass is 1140 g/mol. The predicted octanol–water partition coefficient (Wildman–Crippen LogP) is -0.190. The number of carboxylic acids is 3. The highest BCUT2D eigenvalue weighted by atomic mass is 33.1. The van der Waals surface area contributed by atoms with Gasteiger partial charge in [-0.1, -0.05) is 47.1 Å². The second-order valence-corrected chi connectivity index (χ2v) is 23.0. The Labute approximate surface area is 423 Å². The summed E-state index contributed by atoms with van der Waals surface area (Å²) in [6.07, 6.45) is 2.19. The number of nitrogens with two attached hydrogens (primary N) is 1. The van der Waals surface area contributed by atoms with Gasteiger partial charge in [0.1, 0.15) is 42.2 Å². The number of unbranched alkanes of at least 4 members (excludes halogenated alkanes) is 2. The molecule has 4 amide bonds. The van der Waals surface area contributed by atoms with E-state index in [-0.39, 0.29) is 55.9 Å². The number of nitrogens with zero attached hydrogens (tertiary/aromatic N) is 3. The molecule has 2 aromatic rings. The quantitative estimate of drug-likeness (QED) is 0.0245. The minimum Gasteiger partial charge on any atom is -0.481 e. The molecule has 3 heterocycles. The van der Waals surface area contributed by atoms with Crippen molar-refractivity contribution < 1.29 is 105 Å². The summed E-state index contributed by atoms with van der Waals surface area (Å²) in [5, 5.41) is 51.0. The lowest BCUT2D eigenvalue weighted by molar-refractivity contribution is -0.148. The summed E-state index contributed by atoms with van der Waals surface area (Å²) in [6.45, 7) is 1.52. The zero-order valence-electron chi connectivity index (χ0n) is 38.9. The van der Waals surface area contributed by atoms with Crippen LogP contribution in [-0.2, 0) is 65.1 Å². The fourth-order valence-corrected chi connectivity index (χ4v) is 11.8. The molecular formula is C37H58N9O22P3S2. The first-order chi connectivity index (χ1) is 34.1. The maximum atomic E-state index is 12.7. The molecule has 0 spiro atoms. The van der Waals surface area contributed by atoms with E-state index in [1.807, 2.05) is 12.2 Å². The lowest BCUT2D eigenvalue weighted by Crippen LogP contribution is -2.52. The number of hydrogen-bond donors (Lipinski definition) is 14. The number of rotatable bonds is 34. The summed E-state index contributed by atoms with van der Waals surface area (Å²) in [4.78, 5) is 129. The summed E-state index contributed by atoms with van der Waals surface area (Å²) in [5.74, 6) is -6.23. The molecule has 73 heavy (non-hydrogen) atoms. The molecule has 36 heteroatoms. The fourth-order valence-electron chi connectivity index (χ4n) is 6.51. The van der Waals surface area contributed by atoms with E-state index in [1.54, 1.807) is 25.4 Å². The number of aliphatic hydroxyl groups is 1. The van der Waals surface area contributed by atoms with Crippen LogP contribution in [-0.4, -0.2) is 165 Å². The number of nitrogen functional groups attached to an aromatic ring is 1. The number of phosphoric ester groups is 1. The van der Waals surface area contributed by atoms with Crippen LogP contribution in [0.2, 0.25) is 0 Å². The van der Waals surface area contributed by atoms with E-state index in [4.69, 9.17) is 35.6 Å². The Balaban J connectivity index is 1.37. The Hall–Kier alpha value is -4.56. The number of anilines is 1. The molecule has 1 saturated heterocycles. The first-order valence-electron chi connectivity index (χ1n) is 21.7. The lowest BCUT2D eigenvalue weighted by Gasteiger charge is -2.19. The summed E-state index contributed by atoms with van der Waals surface area (Å²) in [6, 6.07) is -4.03. The molecule has 3 rings (SSSR count). The van der Waals surface area contributed by atoms with E-state index >= 15 is 0 Å². The molecule has 15 N–H and O–H groups in total. The molecule has 1 aliphatic heterocycles. The van der Waals surface area contributed by atoms with Crippen LogP contribution in [0, 0.1) is 5.92 Å². The number of carbonyl (C=O) groups is 7. The van der Waals surface area contributed by atoms with Gasteiger partial charge in [0.25, 0.3) is 0 Å². The molecule has 31 nitrogen and oxygen atoms in total. The number of nitrogens with one attached hydrogen (secondary N) is 5. The van der Waals surface area contributed by atoms with Crippen LogP contribution in [0.25, 0.3) is 17.1 Å². The Kier molecular flexibility index (Phi) is 25.4. The predicted molar refractivity (Wildman–Crippen MR) is 257 cm³/mol.